The van der Waals surface area contributed by atoms with Crippen molar-refractivity contribution < 1.29 is 18.8 Å². The van der Waals surface area contributed by atoms with Crippen LogP contribution in [0, 0.1) is 0 Å². The summed E-state index contributed by atoms with van der Waals surface area (Å²) in [6.45, 7) is 6.48. The number of likely N-dealkylation sites (tertiary alicyclic amines) is 1. The molecule has 7 heteroatoms. The monoisotopic (exact) mass is 371 g/mol. The summed E-state index contributed by atoms with van der Waals surface area (Å²) in [5.74, 6) is 0.741. The lowest BCUT2D eigenvalue weighted by atomic mass is 10.1. The first-order chi connectivity index (χ1) is 13.1. The van der Waals surface area contributed by atoms with Crippen molar-refractivity contribution in [2.75, 3.05) is 19.6 Å². The van der Waals surface area contributed by atoms with Gasteiger partial charge in [-0.2, -0.15) is 0 Å². The van der Waals surface area contributed by atoms with Crippen LogP contribution in [0.2, 0.25) is 0 Å². The lowest BCUT2D eigenvalue weighted by Crippen LogP contribution is -2.40. The van der Waals surface area contributed by atoms with Crippen LogP contribution in [0.1, 0.15) is 53.3 Å². The number of carbonyl (C=O) groups is 2. The molecule has 1 aromatic carbocycles. The van der Waals surface area contributed by atoms with Gasteiger partial charge in [0.15, 0.2) is 17.2 Å². The second-order valence-electron chi connectivity index (χ2n) is 6.69. The van der Waals surface area contributed by atoms with E-state index in [4.69, 9.17) is 9.26 Å². The molecule has 0 saturated carbocycles. The molecule has 2 aromatic rings. The predicted molar refractivity (Wildman–Crippen MR) is 99.9 cm³/mol. The standard InChI is InChI=1S/C20H25N3O4/c1-3-23-9-5-7-16(23)12-21-20(25)19-11-18(27-22-19)13-26-17-8-4-6-15(10-17)14(2)24/h4,6,8,10-11,16H,3,5,7,9,12-13H2,1-2H3,(H,21,25). The lowest BCUT2D eigenvalue weighted by Gasteiger charge is -2.22. The topological polar surface area (TPSA) is 84.7 Å². The highest BCUT2D eigenvalue weighted by atomic mass is 16.5. The Morgan fingerprint density at radius 2 is 2.22 bits per heavy atom. The van der Waals surface area contributed by atoms with E-state index in [0.717, 1.165) is 19.5 Å². The van der Waals surface area contributed by atoms with E-state index in [1.165, 1.54) is 13.3 Å². The fourth-order valence-electron chi connectivity index (χ4n) is 3.29. The Morgan fingerprint density at radius 1 is 1.37 bits per heavy atom. The van der Waals surface area contributed by atoms with Crippen LogP contribution in [-0.2, 0) is 6.61 Å². The average Bonchev–Trinajstić information content (AvgIpc) is 3.33. The fraction of sp³-hybridized carbons (Fsp3) is 0.450. The molecule has 1 fully saturated rings. The van der Waals surface area contributed by atoms with Crippen molar-refractivity contribution in [3.05, 3.63) is 47.3 Å². The number of benzene rings is 1. The molecule has 0 aliphatic carbocycles. The quantitative estimate of drug-likeness (QED) is 0.718. The average molecular weight is 371 g/mol. The third-order valence-corrected chi connectivity index (χ3v) is 4.82. The molecule has 27 heavy (non-hydrogen) atoms. The zero-order valence-electron chi connectivity index (χ0n) is 15.7. The summed E-state index contributed by atoms with van der Waals surface area (Å²) in [5.41, 5.74) is 0.824. The molecule has 3 rings (SSSR count). The SMILES string of the molecule is CCN1CCCC1CNC(=O)c1cc(COc2cccc(C(C)=O)c2)on1. The van der Waals surface area contributed by atoms with E-state index in [-0.39, 0.29) is 24.0 Å². The summed E-state index contributed by atoms with van der Waals surface area (Å²) in [4.78, 5) is 26.1. The smallest absolute Gasteiger partial charge is 0.273 e. The minimum Gasteiger partial charge on any atom is -0.486 e. The zero-order valence-corrected chi connectivity index (χ0v) is 15.7. The molecule has 0 bridgehead atoms. The Balaban J connectivity index is 1.51. The van der Waals surface area contributed by atoms with Gasteiger partial charge in [-0.05, 0) is 45.0 Å². The van der Waals surface area contributed by atoms with Crippen molar-refractivity contribution >= 4 is 11.7 Å². The van der Waals surface area contributed by atoms with Crippen LogP contribution < -0.4 is 10.1 Å². The van der Waals surface area contributed by atoms with Gasteiger partial charge in [-0.1, -0.05) is 24.2 Å². The van der Waals surface area contributed by atoms with E-state index >= 15 is 0 Å². The van der Waals surface area contributed by atoms with Gasteiger partial charge < -0.3 is 14.6 Å². The van der Waals surface area contributed by atoms with Crippen molar-refractivity contribution in [1.82, 2.24) is 15.4 Å². The van der Waals surface area contributed by atoms with Gasteiger partial charge in [-0.3, -0.25) is 14.5 Å². The van der Waals surface area contributed by atoms with Gasteiger partial charge >= 0.3 is 0 Å². The molecule has 1 aliphatic heterocycles. The van der Waals surface area contributed by atoms with Gasteiger partial charge in [0.25, 0.3) is 5.91 Å². The highest BCUT2D eigenvalue weighted by Crippen LogP contribution is 2.17. The molecule has 1 aliphatic rings. The van der Waals surface area contributed by atoms with E-state index in [0.29, 0.717) is 29.7 Å². The summed E-state index contributed by atoms with van der Waals surface area (Å²) < 4.78 is 10.8. The molecule has 2 heterocycles. The molecule has 1 N–H and O–H groups in total. The fourth-order valence-corrected chi connectivity index (χ4v) is 3.29. The zero-order chi connectivity index (χ0) is 19.2. The number of aromatic nitrogens is 1. The summed E-state index contributed by atoms with van der Waals surface area (Å²) in [5, 5.41) is 6.75. The number of hydrogen-bond donors (Lipinski definition) is 1. The number of hydrogen-bond acceptors (Lipinski definition) is 6. The number of likely N-dealkylation sites (N-methyl/N-ethyl adjacent to an activating group) is 1. The van der Waals surface area contributed by atoms with Crippen LogP contribution in [-0.4, -0.2) is 47.4 Å². The molecule has 1 atom stereocenters. The molecule has 1 amide bonds. The number of rotatable bonds is 8. The Morgan fingerprint density at radius 3 is 3.00 bits per heavy atom. The molecule has 1 aromatic heterocycles. The van der Waals surface area contributed by atoms with E-state index < -0.39 is 0 Å². The first-order valence-corrected chi connectivity index (χ1v) is 9.28. The van der Waals surface area contributed by atoms with Gasteiger partial charge in [0.05, 0.1) is 0 Å². The second kappa shape index (κ2) is 8.81. The van der Waals surface area contributed by atoms with Crippen LogP contribution in [0.5, 0.6) is 5.75 Å². The molecular weight excluding hydrogens is 346 g/mol. The molecule has 0 spiro atoms. The van der Waals surface area contributed by atoms with Crippen LogP contribution >= 0.6 is 0 Å². The molecule has 1 saturated heterocycles. The largest absolute Gasteiger partial charge is 0.486 e. The van der Waals surface area contributed by atoms with Gasteiger partial charge in [0.1, 0.15) is 12.4 Å². The van der Waals surface area contributed by atoms with E-state index in [1.54, 1.807) is 30.3 Å². The molecule has 1 unspecified atom stereocenters. The Labute approximate surface area is 158 Å². The number of amides is 1. The number of ketones is 1. The maximum atomic E-state index is 12.3. The minimum atomic E-state index is -0.244. The maximum absolute atomic E-state index is 12.3. The van der Waals surface area contributed by atoms with E-state index in [1.807, 2.05) is 0 Å². The van der Waals surface area contributed by atoms with E-state index in [2.05, 4.69) is 22.3 Å². The highest BCUT2D eigenvalue weighted by molar-refractivity contribution is 5.94. The third kappa shape index (κ3) is 4.95. The second-order valence-corrected chi connectivity index (χ2v) is 6.69. The normalized spacial score (nSPS) is 17.0. The summed E-state index contributed by atoms with van der Waals surface area (Å²) in [7, 11) is 0. The van der Waals surface area contributed by atoms with Crippen LogP contribution in [0.3, 0.4) is 0 Å². The number of Topliss-reactive ketones (excluding diaryl/α,β-unsaturated/α-hetero) is 1. The molecule has 0 radical (unpaired) electrons. The highest BCUT2D eigenvalue weighted by Gasteiger charge is 2.24. The van der Waals surface area contributed by atoms with Crippen molar-refractivity contribution in [1.29, 1.82) is 0 Å². The number of ether oxygens (including phenoxy) is 1. The van der Waals surface area contributed by atoms with Crippen molar-refractivity contribution in [2.45, 2.75) is 39.3 Å². The Bertz CT molecular complexity index is 802. The lowest BCUT2D eigenvalue weighted by molar-refractivity contribution is 0.0931. The first-order valence-electron chi connectivity index (χ1n) is 9.28. The number of carbonyl (C=O) groups excluding carboxylic acids is 2. The first kappa shape index (κ1) is 19.1. The molecular formula is C20H25N3O4. The third-order valence-electron chi connectivity index (χ3n) is 4.82. The van der Waals surface area contributed by atoms with Gasteiger partial charge in [0, 0.05) is 24.2 Å². The van der Waals surface area contributed by atoms with Crippen LogP contribution in [0.15, 0.2) is 34.9 Å². The minimum absolute atomic E-state index is 0.0250. The van der Waals surface area contributed by atoms with Crippen molar-refractivity contribution in [3.8, 4) is 5.75 Å². The van der Waals surface area contributed by atoms with Gasteiger partial charge in [-0.25, -0.2) is 0 Å². The van der Waals surface area contributed by atoms with Gasteiger partial charge in [0.2, 0.25) is 0 Å². The number of nitrogens with zero attached hydrogens (tertiary/aromatic N) is 2. The van der Waals surface area contributed by atoms with E-state index in [9.17, 15) is 9.59 Å². The Kier molecular flexibility index (Phi) is 6.24. The molecule has 144 valence electrons. The summed E-state index contributed by atoms with van der Waals surface area (Å²) in [6, 6.07) is 8.90. The van der Waals surface area contributed by atoms with Gasteiger partial charge in [-0.15, -0.1) is 0 Å². The van der Waals surface area contributed by atoms with Crippen molar-refractivity contribution in [3.63, 3.8) is 0 Å². The summed E-state index contributed by atoms with van der Waals surface area (Å²) in [6.07, 6.45) is 2.27. The molecule has 7 nitrogen and oxygen atoms in total. The van der Waals surface area contributed by atoms with Crippen molar-refractivity contribution in [2.24, 2.45) is 0 Å². The van der Waals surface area contributed by atoms with Crippen LogP contribution in [0.4, 0.5) is 0 Å². The number of nitrogens with one attached hydrogen (secondary N) is 1. The summed E-state index contributed by atoms with van der Waals surface area (Å²) >= 11 is 0. The maximum Gasteiger partial charge on any atom is 0.273 e. The van der Waals surface area contributed by atoms with Crippen LogP contribution in [0.25, 0.3) is 0 Å². The predicted octanol–water partition coefficient (Wildman–Crippen LogP) is 2.67. The Hall–Kier alpha value is -2.67.